The van der Waals surface area contributed by atoms with E-state index < -0.39 is 32.8 Å². The molecule has 1 aromatic carbocycles. The number of aromatic nitrogens is 1. The van der Waals surface area contributed by atoms with Crippen molar-refractivity contribution >= 4 is 21.6 Å². The molecule has 0 aliphatic carbocycles. The van der Waals surface area contributed by atoms with E-state index in [0.717, 1.165) is 22.5 Å². The predicted octanol–water partition coefficient (Wildman–Crippen LogP) is 3.60. The number of sulfonamides is 1. The van der Waals surface area contributed by atoms with Crippen molar-refractivity contribution in [3.63, 3.8) is 0 Å². The first kappa shape index (κ1) is 18.9. The van der Waals surface area contributed by atoms with E-state index in [1.165, 1.54) is 12.4 Å². The van der Waals surface area contributed by atoms with Gasteiger partial charge in [-0.3, -0.25) is 4.98 Å². The minimum atomic E-state index is -4.61. The van der Waals surface area contributed by atoms with E-state index >= 15 is 0 Å². The molecule has 0 spiro atoms. The zero-order valence-corrected chi connectivity index (χ0v) is 14.9. The van der Waals surface area contributed by atoms with Crippen LogP contribution in [-0.4, -0.2) is 36.9 Å². The molecule has 1 saturated heterocycles. The van der Waals surface area contributed by atoms with Gasteiger partial charge in [-0.05, 0) is 24.6 Å². The van der Waals surface area contributed by atoms with Crippen molar-refractivity contribution in [2.24, 2.45) is 0 Å². The maximum absolute atomic E-state index is 12.8. The smallest absolute Gasteiger partial charge is 0.416 e. The average molecular weight is 407 g/mol. The SMILES string of the molecule is O=S(=O)(c1cccc(C(F)(F)F)c1)N1CC[C@H](Oc2ccncc2Cl)C1. The summed E-state index contributed by atoms with van der Waals surface area (Å²) in [6.07, 6.45) is -1.76. The zero-order chi connectivity index (χ0) is 18.9. The molecule has 3 rings (SSSR count). The van der Waals surface area contributed by atoms with Gasteiger partial charge in [0.05, 0.1) is 17.0 Å². The molecule has 0 saturated carbocycles. The molecule has 0 radical (unpaired) electrons. The molecular weight excluding hydrogens is 393 g/mol. The molecule has 10 heteroatoms. The number of rotatable bonds is 4. The van der Waals surface area contributed by atoms with Gasteiger partial charge in [-0.25, -0.2) is 8.42 Å². The minimum absolute atomic E-state index is 0.0250. The normalized spacial score (nSPS) is 18.8. The van der Waals surface area contributed by atoms with Crippen molar-refractivity contribution in [3.8, 4) is 5.75 Å². The van der Waals surface area contributed by atoms with Gasteiger partial charge in [-0.1, -0.05) is 17.7 Å². The van der Waals surface area contributed by atoms with Gasteiger partial charge < -0.3 is 4.74 Å². The standard InChI is InChI=1S/C16H14ClF3N2O3S/c17-14-9-21-6-4-15(14)25-12-5-7-22(10-12)26(23,24)13-3-1-2-11(8-13)16(18,19)20/h1-4,6,8-9,12H,5,7,10H2/t12-/m0/s1. The predicted molar refractivity (Wildman–Crippen MR) is 88.5 cm³/mol. The second-order valence-corrected chi connectivity index (χ2v) is 8.07. The number of nitrogens with zero attached hydrogens (tertiary/aromatic N) is 2. The molecule has 2 heterocycles. The summed E-state index contributed by atoms with van der Waals surface area (Å²) in [5.41, 5.74) is -1.01. The third-order valence-corrected chi connectivity index (χ3v) is 6.08. The van der Waals surface area contributed by atoms with Crippen LogP contribution in [0.2, 0.25) is 5.02 Å². The van der Waals surface area contributed by atoms with Gasteiger partial charge in [0.25, 0.3) is 0 Å². The van der Waals surface area contributed by atoms with E-state index in [1.54, 1.807) is 6.07 Å². The summed E-state index contributed by atoms with van der Waals surface area (Å²) in [6, 6.07) is 5.27. The van der Waals surface area contributed by atoms with Crippen LogP contribution in [0.3, 0.4) is 0 Å². The van der Waals surface area contributed by atoms with Crippen molar-refractivity contribution in [3.05, 3.63) is 53.3 Å². The Morgan fingerprint density at radius 1 is 1.27 bits per heavy atom. The lowest BCUT2D eigenvalue weighted by Crippen LogP contribution is -2.31. The highest BCUT2D eigenvalue weighted by Crippen LogP contribution is 2.32. The van der Waals surface area contributed by atoms with Gasteiger partial charge in [0.2, 0.25) is 10.0 Å². The van der Waals surface area contributed by atoms with Gasteiger partial charge in [0.1, 0.15) is 16.9 Å². The van der Waals surface area contributed by atoms with Crippen molar-refractivity contribution in [2.45, 2.75) is 23.6 Å². The summed E-state index contributed by atoms with van der Waals surface area (Å²) >= 11 is 5.96. The average Bonchev–Trinajstić information content (AvgIpc) is 3.06. The van der Waals surface area contributed by atoms with Crippen LogP contribution in [0.15, 0.2) is 47.6 Å². The molecule has 1 aliphatic rings. The maximum atomic E-state index is 12.8. The molecule has 5 nitrogen and oxygen atoms in total. The van der Waals surface area contributed by atoms with Crippen LogP contribution in [0.25, 0.3) is 0 Å². The number of halogens is 4. The Morgan fingerprint density at radius 3 is 2.73 bits per heavy atom. The highest BCUT2D eigenvalue weighted by Gasteiger charge is 2.36. The van der Waals surface area contributed by atoms with Crippen molar-refractivity contribution < 1.29 is 26.3 Å². The summed E-state index contributed by atoms with van der Waals surface area (Å²) in [7, 11) is -4.05. The minimum Gasteiger partial charge on any atom is -0.487 e. The van der Waals surface area contributed by atoms with E-state index in [0.29, 0.717) is 23.3 Å². The van der Waals surface area contributed by atoms with Crippen LogP contribution in [0.1, 0.15) is 12.0 Å². The van der Waals surface area contributed by atoms with Crippen molar-refractivity contribution in [1.82, 2.24) is 9.29 Å². The summed E-state index contributed by atoms with van der Waals surface area (Å²) in [6.45, 7) is 0.170. The Hall–Kier alpha value is -1.84. The van der Waals surface area contributed by atoms with E-state index in [2.05, 4.69) is 4.98 Å². The highest BCUT2D eigenvalue weighted by atomic mass is 35.5. The monoisotopic (exact) mass is 406 g/mol. The number of alkyl halides is 3. The maximum Gasteiger partial charge on any atom is 0.416 e. The van der Waals surface area contributed by atoms with Crippen LogP contribution >= 0.6 is 11.6 Å². The second-order valence-electron chi connectivity index (χ2n) is 5.72. The zero-order valence-electron chi connectivity index (χ0n) is 13.3. The van der Waals surface area contributed by atoms with Crippen LogP contribution in [0, 0.1) is 0 Å². The molecular formula is C16H14ClF3N2O3S. The molecule has 0 N–H and O–H groups in total. The Balaban J connectivity index is 1.76. The van der Waals surface area contributed by atoms with Crippen LogP contribution in [0.5, 0.6) is 5.75 Å². The number of hydrogen-bond acceptors (Lipinski definition) is 4. The Morgan fingerprint density at radius 2 is 2.04 bits per heavy atom. The first-order chi connectivity index (χ1) is 12.2. The molecule has 26 heavy (non-hydrogen) atoms. The fraction of sp³-hybridized carbons (Fsp3) is 0.312. The van der Waals surface area contributed by atoms with E-state index in [1.807, 2.05) is 0 Å². The molecule has 2 aromatic rings. The van der Waals surface area contributed by atoms with E-state index in [4.69, 9.17) is 16.3 Å². The summed E-state index contributed by atoms with van der Waals surface area (Å²) in [5, 5.41) is 0.298. The fourth-order valence-corrected chi connectivity index (χ4v) is 4.33. The molecule has 0 amide bonds. The van der Waals surface area contributed by atoms with Gasteiger partial charge in [0, 0.05) is 25.0 Å². The lowest BCUT2D eigenvalue weighted by atomic mass is 10.2. The lowest BCUT2D eigenvalue weighted by molar-refractivity contribution is -0.137. The molecule has 140 valence electrons. The molecule has 1 aromatic heterocycles. The summed E-state index contributed by atoms with van der Waals surface area (Å²) in [5.74, 6) is 0.380. The molecule has 0 bridgehead atoms. The van der Waals surface area contributed by atoms with Gasteiger partial charge in [-0.15, -0.1) is 0 Å². The van der Waals surface area contributed by atoms with E-state index in [-0.39, 0.29) is 13.1 Å². The topological polar surface area (TPSA) is 59.5 Å². The molecule has 0 unspecified atom stereocenters. The van der Waals surface area contributed by atoms with Gasteiger partial charge in [-0.2, -0.15) is 17.5 Å². The largest absolute Gasteiger partial charge is 0.487 e. The Labute approximate surface area is 153 Å². The third-order valence-electron chi connectivity index (χ3n) is 3.94. The summed E-state index contributed by atoms with van der Waals surface area (Å²) < 4.78 is 70.6. The second kappa shape index (κ2) is 7.05. The number of ether oxygens (including phenoxy) is 1. The van der Waals surface area contributed by atoms with Crippen LogP contribution in [-0.2, 0) is 16.2 Å². The Kier molecular flexibility index (Phi) is 5.14. The van der Waals surface area contributed by atoms with Crippen molar-refractivity contribution in [2.75, 3.05) is 13.1 Å². The molecule has 1 atom stereocenters. The third kappa shape index (κ3) is 3.94. The van der Waals surface area contributed by atoms with Crippen LogP contribution < -0.4 is 4.74 Å². The van der Waals surface area contributed by atoms with E-state index in [9.17, 15) is 21.6 Å². The first-order valence-electron chi connectivity index (χ1n) is 7.61. The van der Waals surface area contributed by atoms with Gasteiger partial charge in [0.15, 0.2) is 0 Å². The lowest BCUT2D eigenvalue weighted by Gasteiger charge is -2.18. The Bertz CT molecular complexity index is 906. The number of benzene rings is 1. The van der Waals surface area contributed by atoms with Gasteiger partial charge >= 0.3 is 6.18 Å². The number of pyridine rings is 1. The summed E-state index contributed by atoms with van der Waals surface area (Å²) in [4.78, 5) is 3.44. The molecule has 1 fully saturated rings. The number of hydrogen-bond donors (Lipinski definition) is 0. The van der Waals surface area contributed by atoms with Crippen molar-refractivity contribution in [1.29, 1.82) is 0 Å². The highest BCUT2D eigenvalue weighted by molar-refractivity contribution is 7.89. The fourth-order valence-electron chi connectivity index (χ4n) is 2.63. The quantitative estimate of drug-likeness (QED) is 0.778. The van der Waals surface area contributed by atoms with Crippen LogP contribution in [0.4, 0.5) is 13.2 Å². The first-order valence-corrected chi connectivity index (χ1v) is 9.43. The molecule has 1 aliphatic heterocycles.